The number of hydrogen-bond acceptors (Lipinski definition) is 3. The predicted molar refractivity (Wildman–Crippen MR) is 66.2 cm³/mol. The molecule has 1 aromatic carbocycles. The molecule has 5 heteroatoms. The standard InChI is InChI=1S/C12H15BrFNO2/c13-8-5-9(12(16)10(14)6-8)11(15)7-1-3-17-4-2-7/h5-7,11,16H,1-4,15H2/t11-/m1/s1. The van der Waals surface area contributed by atoms with Crippen molar-refractivity contribution >= 4 is 15.9 Å². The Balaban J connectivity index is 2.26. The van der Waals surface area contributed by atoms with E-state index < -0.39 is 5.82 Å². The number of hydrogen-bond donors (Lipinski definition) is 2. The largest absolute Gasteiger partial charge is 0.505 e. The second kappa shape index (κ2) is 5.33. The van der Waals surface area contributed by atoms with Crippen molar-refractivity contribution in [2.24, 2.45) is 11.7 Å². The number of phenolic OH excluding ortho intramolecular Hbond substituents is 1. The molecule has 1 atom stereocenters. The zero-order valence-electron chi connectivity index (χ0n) is 9.33. The summed E-state index contributed by atoms with van der Waals surface area (Å²) in [6.45, 7) is 1.35. The maximum atomic E-state index is 13.4. The van der Waals surface area contributed by atoms with Crippen molar-refractivity contribution in [3.8, 4) is 5.75 Å². The van der Waals surface area contributed by atoms with E-state index in [1.54, 1.807) is 6.07 Å². The van der Waals surface area contributed by atoms with E-state index in [2.05, 4.69) is 15.9 Å². The summed E-state index contributed by atoms with van der Waals surface area (Å²) in [7, 11) is 0. The molecule has 0 aromatic heterocycles. The van der Waals surface area contributed by atoms with Crippen molar-refractivity contribution in [2.45, 2.75) is 18.9 Å². The molecule has 1 saturated heterocycles. The summed E-state index contributed by atoms with van der Waals surface area (Å²) in [5, 5.41) is 9.72. The van der Waals surface area contributed by atoms with Gasteiger partial charge in [0.15, 0.2) is 11.6 Å². The first-order valence-corrected chi connectivity index (χ1v) is 6.40. The summed E-state index contributed by atoms with van der Waals surface area (Å²) in [5.41, 5.74) is 6.57. The average molecular weight is 304 g/mol. The minimum atomic E-state index is -0.642. The van der Waals surface area contributed by atoms with Gasteiger partial charge < -0.3 is 15.6 Å². The molecule has 1 aliphatic heterocycles. The van der Waals surface area contributed by atoms with Gasteiger partial charge in [0.05, 0.1) is 0 Å². The minimum absolute atomic E-state index is 0.225. The normalized spacial score (nSPS) is 19.2. The second-order valence-electron chi connectivity index (χ2n) is 4.30. The van der Waals surface area contributed by atoms with Crippen LogP contribution in [0.25, 0.3) is 0 Å². The zero-order chi connectivity index (χ0) is 12.4. The van der Waals surface area contributed by atoms with Crippen molar-refractivity contribution in [1.29, 1.82) is 0 Å². The third kappa shape index (κ3) is 2.78. The van der Waals surface area contributed by atoms with Gasteiger partial charge in [0.2, 0.25) is 0 Å². The first-order valence-electron chi connectivity index (χ1n) is 5.61. The van der Waals surface area contributed by atoms with Crippen LogP contribution in [0.4, 0.5) is 4.39 Å². The third-order valence-corrected chi connectivity index (χ3v) is 3.65. The van der Waals surface area contributed by atoms with Crippen molar-refractivity contribution in [3.05, 3.63) is 28.0 Å². The number of aromatic hydroxyl groups is 1. The second-order valence-corrected chi connectivity index (χ2v) is 5.22. The van der Waals surface area contributed by atoms with Crippen LogP contribution >= 0.6 is 15.9 Å². The molecule has 0 spiro atoms. The summed E-state index contributed by atoms with van der Waals surface area (Å²) in [4.78, 5) is 0. The lowest BCUT2D eigenvalue weighted by molar-refractivity contribution is 0.0580. The molecule has 0 amide bonds. The topological polar surface area (TPSA) is 55.5 Å². The molecule has 0 aliphatic carbocycles. The van der Waals surface area contributed by atoms with Crippen LogP contribution in [0.5, 0.6) is 5.75 Å². The monoisotopic (exact) mass is 303 g/mol. The number of rotatable bonds is 2. The van der Waals surface area contributed by atoms with E-state index in [4.69, 9.17) is 10.5 Å². The molecule has 0 bridgehead atoms. The van der Waals surface area contributed by atoms with Gasteiger partial charge in [0.1, 0.15) is 0 Å². The molecule has 2 rings (SSSR count). The van der Waals surface area contributed by atoms with Crippen molar-refractivity contribution in [2.75, 3.05) is 13.2 Å². The van der Waals surface area contributed by atoms with E-state index in [0.29, 0.717) is 23.2 Å². The number of benzene rings is 1. The molecule has 17 heavy (non-hydrogen) atoms. The van der Waals surface area contributed by atoms with E-state index in [-0.39, 0.29) is 17.7 Å². The highest BCUT2D eigenvalue weighted by Gasteiger charge is 2.25. The van der Waals surface area contributed by atoms with Gasteiger partial charge in [0.25, 0.3) is 0 Å². The van der Waals surface area contributed by atoms with Crippen molar-refractivity contribution < 1.29 is 14.2 Å². The van der Waals surface area contributed by atoms with E-state index in [1.165, 1.54) is 6.07 Å². The van der Waals surface area contributed by atoms with Gasteiger partial charge in [-0.2, -0.15) is 0 Å². The molecule has 1 aromatic rings. The van der Waals surface area contributed by atoms with Crippen LogP contribution in [-0.2, 0) is 4.74 Å². The molecule has 0 unspecified atom stereocenters. The van der Waals surface area contributed by atoms with Gasteiger partial charge in [-0.3, -0.25) is 0 Å². The fourth-order valence-electron chi connectivity index (χ4n) is 2.17. The Bertz CT molecular complexity index is 408. The lowest BCUT2D eigenvalue weighted by Crippen LogP contribution is -2.27. The van der Waals surface area contributed by atoms with Crippen LogP contribution < -0.4 is 5.73 Å². The Morgan fingerprint density at radius 3 is 2.71 bits per heavy atom. The number of phenols is 1. The van der Waals surface area contributed by atoms with Crippen molar-refractivity contribution in [3.63, 3.8) is 0 Å². The van der Waals surface area contributed by atoms with Crippen LogP contribution in [0, 0.1) is 11.7 Å². The van der Waals surface area contributed by atoms with Gasteiger partial charge in [-0.1, -0.05) is 15.9 Å². The number of nitrogens with two attached hydrogens (primary N) is 1. The highest BCUT2D eigenvalue weighted by molar-refractivity contribution is 9.10. The maximum absolute atomic E-state index is 13.4. The quantitative estimate of drug-likeness (QED) is 0.883. The lowest BCUT2D eigenvalue weighted by atomic mass is 9.87. The van der Waals surface area contributed by atoms with Crippen LogP contribution in [0.2, 0.25) is 0 Å². The Morgan fingerprint density at radius 2 is 2.06 bits per heavy atom. The summed E-state index contributed by atoms with van der Waals surface area (Å²) in [6.07, 6.45) is 1.68. The van der Waals surface area contributed by atoms with E-state index in [1.807, 2.05) is 0 Å². The van der Waals surface area contributed by atoms with Crippen LogP contribution in [-0.4, -0.2) is 18.3 Å². The molecule has 1 aliphatic rings. The fourth-order valence-corrected chi connectivity index (χ4v) is 2.62. The molecule has 0 saturated carbocycles. The van der Waals surface area contributed by atoms with Gasteiger partial charge in [-0.05, 0) is 30.9 Å². The first kappa shape index (κ1) is 12.8. The average Bonchev–Trinajstić information content (AvgIpc) is 2.34. The third-order valence-electron chi connectivity index (χ3n) is 3.19. The molecule has 94 valence electrons. The number of ether oxygens (including phenoxy) is 1. The minimum Gasteiger partial charge on any atom is -0.505 e. The Morgan fingerprint density at radius 1 is 1.41 bits per heavy atom. The van der Waals surface area contributed by atoms with E-state index in [9.17, 15) is 9.50 Å². The molecular weight excluding hydrogens is 289 g/mol. The van der Waals surface area contributed by atoms with Crippen LogP contribution in [0.15, 0.2) is 16.6 Å². The number of halogens is 2. The fraction of sp³-hybridized carbons (Fsp3) is 0.500. The Labute approximate surface area is 108 Å². The molecule has 0 radical (unpaired) electrons. The summed E-state index contributed by atoms with van der Waals surface area (Å²) >= 11 is 3.21. The summed E-state index contributed by atoms with van der Waals surface area (Å²) in [5.74, 6) is -0.757. The lowest BCUT2D eigenvalue weighted by Gasteiger charge is -2.28. The van der Waals surface area contributed by atoms with Crippen molar-refractivity contribution in [1.82, 2.24) is 0 Å². The van der Waals surface area contributed by atoms with Crippen LogP contribution in [0.3, 0.4) is 0 Å². The highest BCUT2D eigenvalue weighted by atomic mass is 79.9. The smallest absolute Gasteiger partial charge is 0.166 e. The first-order chi connectivity index (χ1) is 8.09. The van der Waals surface area contributed by atoms with Gasteiger partial charge in [0, 0.05) is 29.3 Å². The Hall–Kier alpha value is -0.650. The molecule has 1 fully saturated rings. The van der Waals surface area contributed by atoms with E-state index in [0.717, 1.165) is 12.8 Å². The molecular formula is C12H15BrFNO2. The predicted octanol–water partition coefficient (Wildman–Crippen LogP) is 2.72. The van der Waals surface area contributed by atoms with Gasteiger partial charge in [-0.25, -0.2) is 4.39 Å². The van der Waals surface area contributed by atoms with Crippen LogP contribution in [0.1, 0.15) is 24.4 Å². The highest BCUT2D eigenvalue weighted by Crippen LogP contribution is 2.36. The van der Waals surface area contributed by atoms with Gasteiger partial charge >= 0.3 is 0 Å². The molecule has 3 N–H and O–H groups in total. The van der Waals surface area contributed by atoms with Gasteiger partial charge in [-0.15, -0.1) is 0 Å². The zero-order valence-corrected chi connectivity index (χ0v) is 10.9. The molecule has 3 nitrogen and oxygen atoms in total. The summed E-state index contributed by atoms with van der Waals surface area (Å²) < 4.78 is 19.3. The maximum Gasteiger partial charge on any atom is 0.166 e. The summed E-state index contributed by atoms with van der Waals surface area (Å²) in [6, 6.07) is 2.56. The molecule has 1 heterocycles. The van der Waals surface area contributed by atoms with E-state index >= 15 is 0 Å². The SMILES string of the molecule is N[C@@H](c1cc(Br)cc(F)c1O)C1CCOCC1. The Kier molecular flexibility index (Phi) is 4.01.